The van der Waals surface area contributed by atoms with Gasteiger partial charge in [-0.3, -0.25) is 19.4 Å². The molecule has 0 bridgehead atoms. The SMILES string of the molecule is Cc1cc(C)c(NC(=O)[C@H](C)N2CCN(CC(=O)Nc3cccc(F)c3)CC2)c(C)c1. The summed E-state index contributed by atoms with van der Waals surface area (Å²) < 4.78 is 13.3. The molecular weight excluding hydrogens is 395 g/mol. The van der Waals surface area contributed by atoms with Gasteiger partial charge in [0.25, 0.3) is 0 Å². The van der Waals surface area contributed by atoms with Crippen LogP contribution in [0.3, 0.4) is 0 Å². The van der Waals surface area contributed by atoms with Crippen LogP contribution in [0, 0.1) is 26.6 Å². The van der Waals surface area contributed by atoms with Crippen LogP contribution >= 0.6 is 0 Å². The number of carbonyl (C=O) groups excluding carboxylic acids is 2. The molecule has 31 heavy (non-hydrogen) atoms. The molecule has 166 valence electrons. The predicted octanol–water partition coefficient (Wildman–Crippen LogP) is 3.33. The third-order valence-electron chi connectivity index (χ3n) is 5.73. The monoisotopic (exact) mass is 426 g/mol. The number of piperazine rings is 1. The molecule has 1 aliphatic heterocycles. The molecular formula is C24H31FN4O2. The highest BCUT2D eigenvalue weighted by molar-refractivity contribution is 5.96. The van der Waals surface area contributed by atoms with Gasteiger partial charge in [-0.1, -0.05) is 23.8 Å². The number of hydrogen-bond acceptors (Lipinski definition) is 4. The van der Waals surface area contributed by atoms with Gasteiger partial charge in [0.15, 0.2) is 0 Å². The summed E-state index contributed by atoms with van der Waals surface area (Å²) in [4.78, 5) is 29.3. The maximum Gasteiger partial charge on any atom is 0.241 e. The van der Waals surface area contributed by atoms with Gasteiger partial charge >= 0.3 is 0 Å². The molecule has 1 aliphatic rings. The molecule has 3 rings (SSSR count). The molecule has 0 radical (unpaired) electrons. The average molecular weight is 427 g/mol. The average Bonchev–Trinajstić information content (AvgIpc) is 2.70. The van der Waals surface area contributed by atoms with Crippen molar-refractivity contribution in [3.63, 3.8) is 0 Å². The van der Waals surface area contributed by atoms with Gasteiger partial charge < -0.3 is 10.6 Å². The molecule has 0 unspecified atom stereocenters. The van der Waals surface area contributed by atoms with Crippen LogP contribution in [0.5, 0.6) is 0 Å². The van der Waals surface area contributed by atoms with Gasteiger partial charge in [0.2, 0.25) is 11.8 Å². The number of halogens is 1. The Hall–Kier alpha value is -2.77. The summed E-state index contributed by atoms with van der Waals surface area (Å²) in [5.74, 6) is -0.572. The Bertz CT molecular complexity index is 931. The van der Waals surface area contributed by atoms with Crippen molar-refractivity contribution in [1.82, 2.24) is 9.80 Å². The van der Waals surface area contributed by atoms with Crippen LogP contribution in [0.2, 0.25) is 0 Å². The molecule has 1 fully saturated rings. The Kier molecular flexibility index (Phi) is 7.41. The van der Waals surface area contributed by atoms with Crippen molar-refractivity contribution in [2.45, 2.75) is 33.7 Å². The maximum absolute atomic E-state index is 13.3. The Morgan fingerprint density at radius 3 is 2.26 bits per heavy atom. The summed E-state index contributed by atoms with van der Waals surface area (Å²) in [7, 11) is 0. The number of aryl methyl sites for hydroxylation is 3. The summed E-state index contributed by atoms with van der Waals surface area (Å²) in [5.41, 5.74) is 4.64. The van der Waals surface area contributed by atoms with E-state index in [2.05, 4.69) is 27.7 Å². The van der Waals surface area contributed by atoms with E-state index in [0.717, 1.165) is 16.8 Å². The Morgan fingerprint density at radius 2 is 1.65 bits per heavy atom. The second-order valence-electron chi connectivity index (χ2n) is 8.31. The highest BCUT2D eigenvalue weighted by Gasteiger charge is 2.27. The summed E-state index contributed by atoms with van der Waals surface area (Å²) in [6.07, 6.45) is 0. The standard InChI is InChI=1S/C24H31FN4O2/c1-16-12-17(2)23(18(3)13-16)27-24(31)19(4)29-10-8-28(9-11-29)15-22(30)26-21-7-5-6-20(25)14-21/h5-7,12-14,19H,8-11,15H2,1-4H3,(H,26,30)(H,27,31)/t19-/m0/s1. The van der Waals surface area contributed by atoms with Crippen molar-refractivity contribution < 1.29 is 14.0 Å². The topological polar surface area (TPSA) is 64.7 Å². The number of hydrogen-bond donors (Lipinski definition) is 2. The van der Waals surface area contributed by atoms with Gasteiger partial charge in [-0.15, -0.1) is 0 Å². The van der Waals surface area contributed by atoms with Crippen LogP contribution in [0.4, 0.5) is 15.8 Å². The van der Waals surface area contributed by atoms with E-state index in [9.17, 15) is 14.0 Å². The minimum Gasteiger partial charge on any atom is -0.325 e. The van der Waals surface area contributed by atoms with E-state index in [1.54, 1.807) is 12.1 Å². The third kappa shape index (κ3) is 6.12. The minimum absolute atomic E-state index is 0.0210. The molecule has 0 saturated carbocycles. The predicted molar refractivity (Wildman–Crippen MR) is 122 cm³/mol. The van der Waals surface area contributed by atoms with Crippen LogP contribution in [-0.2, 0) is 9.59 Å². The van der Waals surface area contributed by atoms with Crippen LogP contribution in [0.15, 0.2) is 36.4 Å². The summed E-state index contributed by atoms with van der Waals surface area (Å²) in [5, 5.41) is 5.81. The number of anilines is 2. The molecule has 0 aliphatic carbocycles. The van der Waals surface area contributed by atoms with Crippen molar-refractivity contribution in [1.29, 1.82) is 0 Å². The molecule has 1 atom stereocenters. The second-order valence-corrected chi connectivity index (χ2v) is 8.31. The normalized spacial score (nSPS) is 16.0. The first kappa shape index (κ1) is 22.9. The number of rotatable bonds is 6. The minimum atomic E-state index is -0.380. The van der Waals surface area contributed by atoms with Gasteiger partial charge in [-0.25, -0.2) is 4.39 Å². The first-order chi connectivity index (χ1) is 14.7. The van der Waals surface area contributed by atoms with Gasteiger partial charge in [0.05, 0.1) is 12.6 Å². The quantitative estimate of drug-likeness (QED) is 0.744. The first-order valence-electron chi connectivity index (χ1n) is 10.6. The van der Waals surface area contributed by atoms with Crippen molar-refractivity contribution in [3.05, 3.63) is 58.9 Å². The fourth-order valence-corrected chi connectivity index (χ4v) is 4.05. The molecule has 0 aromatic heterocycles. The van der Waals surface area contributed by atoms with Gasteiger partial charge in [0.1, 0.15) is 5.82 Å². The number of carbonyl (C=O) groups is 2. The highest BCUT2D eigenvalue weighted by atomic mass is 19.1. The molecule has 2 N–H and O–H groups in total. The molecule has 7 heteroatoms. The van der Waals surface area contributed by atoms with Crippen molar-refractivity contribution in [2.75, 3.05) is 43.4 Å². The van der Waals surface area contributed by atoms with Crippen LogP contribution in [-0.4, -0.2) is 60.4 Å². The zero-order valence-electron chi connectivity index (χ0n) is 18.7. The van der Waals surface area contributed by atoms with E-state index in [1.165, 1.54) is 17.7 Å². The fraction of sp³-hybridized carbons (Fsp3) is 0.417. The van der Waals surface area contributed by atoms with E-state index >= 15 is 0 Å². The zero-order chi connectivity index (χ0) is 22.5. The molecule has 0 spiro atoms. The molecule has 2 aromatic rings. The van der Waals surface area contributed by atoms with Gasteiger partial charge in [0, 0.05) is 37.6 Å². The largest absolute Gasteiger partial charge is 0.325 e. The van der Waals surface area contributed by atoms with Crippen LogP contribution < -0.4 is 10.6 Å². The van der Waals surface area contributed by atoms with E-state index in [0.29, 0.717) is 31.9 Å². The highest BCUT2D eigenvalue weighted by Crippen LogP contribution is 2.22. The summed E-state index contributed by atoms with van der Waals surface area (Å²) >= 11 is 0. The summed E-state index contributed by atoms with van der Waals surface area (Å²) in [6, 6.07) is 9.75. The van der Waals surface area contributed by atoms with E-state index < -0.39 is 0 Å². The molecule has 2 aromatic carbocycles. The van der Waals surface area contributed by atoms with Crippen molar-refractivity contribution >= 4 is 23.2 Å². The van der Waals surface area contributed by atoms with E-state index in [1.807, 2.05) is 32.6 Å². The van der Waals surface area contributed by atoms with Gasteiger partial charge in [-0.05, 0) is 57.0 Å². The lowest BCUT2D eigenvalue weighted by atomic mass is 10.0. The van der Waals surface area contributed by atoms with Crippen molar-refractivity contribution in [3.8, 4) is 0 Å². The zero-order valence-corrected chi connectivity index (χ0v) is 18.7. The number of nitrogens with one attached hydrogen (secondary N) is 2. The van der Waals surface area contributed by atoms with Crippen molar-refractivity contribution in [2.24, 2.45) is 0 Å². The lowest BCUT2D eigenvalue weighted by Gasteiger charge is -2.37. The molecule has 2 amide bonds. The number of amides is 2. The lowest BCUT2D eigenvalue weighted by molar-refractivity contribution is -0.122. The van der Waals surface area contributed by atoms with Crippen LogP contribution in [0.1, 0.15) is 23.6 Å². The third-order valence-corrected chi connectivity index (χ3v) is 5.73. The van der Waals surface area contributed by atoms with Gasteiger partial charge in [-0.2, -0.15) is 0 Å². The Balaban J connectivity index is 1.48. The maximum atomic E-state index is 13.3. The van der Waals surface area contributed by atoms with Crippen LogP contribution in [0.25, 0.3) is 0 Å². The Morgan fingerprint density at radius 1 is 1.00 bits per heavy atom. The lowest BCUT2D eigenvalue weighted by Crippen LogP contribution is -2.53. The van der Waals surface area contributed by atoms with E-state index in [4.69, 9.17) is 0 Å². The Labute approximate surface area is 183 Å². The molecule has 6 nitrogen and oxygen atoms in total. The molecule has 1 saturated heterocycles. The smallest absolute Gasteiger partial charge is 0.241 e. The summed E-state index contributed by atoms with van der Waals surface area (Å²) in [6.45, 7) is 11.0. The number of benzene rings is 2. The second kappa shape index (κ2) is 10.0. The number of nitrogens with zero attached hydrogens (tertiary/aromatic N) is 2. The first-order valence-corrected chi connectivity index (χ1v) is 10.6. The van der Waals surface area contributed by atoms with E-state index in [-0.39, 0.29) is 30.2 Å². The molecule has 1 heterocycles. The fourth-order valence-electron chi connectivity index (χ4n) is 4.05.